The molecule has 0 heterocycles. The Morgan fingerprint density at radius 2 is 1.90 bits per heavy atom. The lowest BCUT2D eigenvalue weighted by Crippen LogP contribution is -2.17. The Morgan fingerprint density at radius 3 is 2.35 bits per heavy atom. The maximum atomic E-state index is 12.1. The average Bonchev–Trinajstić information content (AvgIpc) is 2.28. The van der Waals surface area contributed by atoms with E-state index in [0.29, 0.717) is 0 Å². The third-order valence-corrected chi connectivity index (χ3v) is 5.19. The highest BCUT2D eigenvalue weighted by atomic mass is 79.9. The summed E-state index contributed by atoms with van der Waals surface area (Å²) in [4.78, 5) is 10.5. The van der Waals surface area contributed by atoms with Gasteiger partial charge >= 0.3 is 12.1 Å². The number of rotatable bonds is 4. The maximum absolute atomic E-state index is 12.1. The number of sulfone groups is 1. The first kappa shape index (κ1) is 17.0. The first-order valence-electron chi connectivity index (χ1n) is 5.27. The van der Waals surface area contributed by atoms with Gasteiger partial charge in [0.25, 0.3) is 0 Å². The van der Waals surface area contributed by atoms with Gasteiger partial charge in [0.05, 0.1) is 22.6 Å². The highest BCUT2D eigenvalue weighted by Crippen LogP contribution is 2.29. The van der Waals surface area contributed by atoms with Crippen molar-refractivity contribution < 1.29 is 31.5 Å². The van der Waals surface area contributed by atoms with Crippen LogP contribution < -0.4 is 0 Å². The van der Waals surface area contributed by atoms with E-state index in [0.717, 1.165) is 6.07 Å². The van der Waals surface area contributed by atoms with Crippen LogP contribution >= 0.6 is 15.9 Å². The van der Waals surface area contributed by atoms with Gasteiger partial charge in [-0.05, 0) is 24.6 Å². The molecule has 0 aliphatic rings. The van der Waals surface area contributed by atoms with Crippen LogP contribution in [-0.2, 0) is 9.84 Å². The van der Waals surface area contributed by atoms with E-state index in [1.165, 1.54) is 13.0 Å². The van der Waals surface area contributed by atoms with Gasteiger partial charge in [-0.2, -0.15) is 13.2 Å². The SMILES string of the molecule is Cc1c(Br)cc(C(=O)O)cc1S(=O)(=O)CCC(F)(F)F. The highest BCUT2D eigenvalue weighted by Gasteiger charge is 2.31. The number of hydrogen-bond donors (Lipinski definition) is 1. The van der Waals surface area contributed by atoms with Gasteiger partial charge < -0.3 is 5.11 Å². The highest BCUT2D eigenvalue weighted by molar-refractivity contribution is 9.10. The Balaban J connectivity index is 3.27. The second-order valence-corrected chi connectivity index (χ2v) is 7.00. The fraction of sp³-hybridized carbons (Fsp3) is 0.364. The first-order chi connectivity index (χ1) is 8.94. The van der Waals surface area contributed by atoms with Crippen LogP contribution in [0.3, 0.4) is 0 Å². The minimum atomic E-state index is -4.59. The molecule has 1 N–H and O–H groups in total. The van der Waals surface area contributed by atoms with Crippen LogP contribution in [-0.4, -0.2) is 31.4 Å². The number of aromatic carboxylic acids is 1. The van der Waals surface area contributed by atoms with Crippen LogP contribution in [0.2, 0.25) is 0 Å². The summed E-state index contributed by atoms with van der Waals surface area (Å²) in [6.45, 7) is 1.39. The van der Waals surface area contributed by atoms with Gasteiger partial charge in [0.1, 0.15) is 0 Å². The van der Waals surface area contributed by atoms with Crippen LogP contribution in [0.25, 0.3) is 0 Å². The molecule has 20 heavy (non-hydrogen) atoms. The topological polar surface area (TPSA) is 71.4 Å². The zero-order chi connectivity index (χ0) is 15.7. The molecule has 0 aromatic heterocycles. The van der Waals surface area contributed by atoms with Gasteiger partial charge in [0, 0.05) is 4.47 Å². The number of benzene rings is 1. The summed E-state index contributed by atoms with van der Waals surface area (Å²) >= 11 is 3.00. The Kier molecular flexibility index (Phi) is 4.86. The summed E-state index contributed by atoms with van der Waals surface area (Å²) in [6, 6.07) is 2.06. The predicted molar refractivity (Wildman–Crippen MR) is 68.6 cm³/mol. The molecule has 112 valence electrons. The summed E-state index contributed by atoms with van der Waals surface area (Å²) in [5, 5.41) is 8.85. The number of halogens is 4. The molecule has 0 fully saturated rings. The number of carbonyl (C=O) groups is 1. The summed E-state index contributed by atoms with van der Waals surface area (Å²) in [6.07, 6.45) is -6.08. The molecule has 1 aromatic rings. The van der Waals surface area contributed by atoms with E-state index >= 15 is 0 Å². The van der Waals surface area contributed by atoms with Crippen LogP contribution in [0.1, 0.15) is 22.3 Å². The summed E-state index contributed by atoms with van der Waals surface area (Å²) in [5.74, 6) is -2.48. The monoisotopic (exact) mass is 374 g/mol. The molecular weight excluding hydrogens is 365 g/mol. The fourth-order valence-electron chi connectivity index (χ4n) is 1.46. The molecule has 0 bridgehead atoms. The van der Waals surface area contributed by atoms with E-state index in [2.05, 4.69) is 15.9 Å². The van der Waals surface area contributed by atoms with Crippen LogP contribution in [0.4, 0.5) is 13.2 Å². The third kappa shape index (κ3) is 4.20. The minimum absolute atomic E-state index is 0.178. The molecule has 1 rings (SSSR count). The lowest BCUT2D eigenvalue weighted by Gasteiger charge is -2.11. The molecule has 0 aliphatic heterocycles. The van der Waals surface area contributed by atoms with Crippen molar-refractivity contribution in [3.05, 3.63) is 27.7 Å². The van der Waals surface area contributed by atoms with Crippen molar-refractivity contribution >= 4 is 31.7 Å². The Morgan fingerprint density at radius 1 is 1.35 bits per heavy atom. The number of alkyl halides is 3. The predicted octanol–water partition coefficient (Wildman–Crippen LogP) is 3.18. The van der Waals surface area contributed by atoms with E-state index in [4.69, 9.17) is 5.11 Å². The standard InChI is InChI=1S/C11H10BrF3O4S/c1-6-8(12)4-7(10(16)17)5-9(6)20(18,19)3-2-11(13,14)15/h4-5H,2-3H2,1H3,(H,16,17). The maximum Gasteiger partial charge on any atom is 0.390 e. The second kappa shape index (κ2) is 5.72. The van der Waals surface area contributed by atoms with Gasteiger partial charge in [0.2, 0.25) is 0 Å². The first-order valence-corrected chi connectivity index (χ1v) is 7.71. The van der Waals surface area contributed by atoms with E-state index in [-0.39, 0.29) is 15.6 Å². The van der Waals surface area contributed by atoms with E-state index in [1.54, 1.807) is 0 Å². The van der Waals surface area contributed by atoms with Crippen LogP contribution in [0, 0.1) is 6.92 Å². The van der Waals surface area contributed by atoms with Gasteiger partial charge in [-0.1, -0.05) is 15.9 Å². The normalized spacial score (nSPS) is 12.4. The van der Waals surface area contributed by atoms with Gasteiger partial charge in [-0.3, -0.25) is 0 Å². The number of carboxylic acids is 1. The minimum Gasteiger partial charge on any atom is -0.478 e. The summed E-state index contributed by atoms with van der Waals surface area (Å²) < 4.78 is 60.4. The molecule has 0 saturated carbocycles. The molecule has 0 spiro atoms. The molecule has 0 radical (unpaired) electrons. The van der Waals surface area contributed by atoms with Gasteiger partial charge in [-0.15, -0.1) is 0 Å². The molecule has 1 aromatic carbocycles. The van der Waals surface area contributed by atoms with Crippen molar-refractivity contribution in [2.45, 2.75) is 24.4 Å². The molecular formula is C11H10BrF3O4S. The van der Waals surface area contributed by atoms with Crippen LogP contribution in [0.5, 0.6) is 0 Å². The zero-order valence-electron chi connectivity index (χ0n) is 10.2. The lowest BCUT2D eigenvalue weighted by atomic mass is 10.1. The molecule has 4 nitrogen and oxygen atoms in total. The lowest BCUT2D eigenvalue weighted by molar-refractivity contribution is -0.129. The van der Waals surface area contributed by atoms with E-state index < -0.39 is 39.1 Å². The van der Waals surface area contributed by atoms with Crippen molar-refractivity contribution in [3.8, 4) is 0 Å². The second-order valence-electron chi connectivity index (χ2n) is 4.07. The summed E-state index contributed by atoms with van der Waals surface area (Å²) in [5.41, 5.74) is -0.134. The van der Waals surface area contributed by atoms with E-state index in [9.17, 15) is 26.4 Å². The third-order valence-electron chi connectivity index (χ3n) is 2.53. The molecule has 0 atom stereocenters. The Bertz CT molecular complexity index is 638. The molecule has 0 aliphatic carbocycles. The summed E-state index contributed by atoms with van der Waals surface area (Å²) in [7, 11) is -4.22. The van der Waals surface area contributed by atoms with Crippen LogP contribution in [0.15, 0.2) is 21.5 Å². The van der Waals surface area contributed by atoms with Crippen molar-refractivity contribution in [2.75, 3.05) is 5.75 Å². The fourth-order valence-corrected chi connectivity index (χ4v) is 3.65. The number of carboxylic acid groups (broad SMARTS) is 1. The van der Waals surface area contributed by atoms with Gasteiger partial charge in [-0.25, -0.2) is 13.2 Å². The average molecular weight is 375 g/mol. The van der Waals surface area contributed by atoms with Crippen molar-refractivity contribution in [2.24, 2.45) is 0 Å². The van der Waals surface area contributed by atoms with Crippen molar-refractivity contribution in [1.82, 2.24) is 0 Å². The molecule has 0 amide bonds. The Hall–Kier alpha value is -1.09. The number of hydrogen-bond acceptors (Lipinski definition) is 3. The van der Waals surface area contributed by atoms with Crippen molar-refractivity contribution in [1.29, 1.82) is 0 Å². The largest absolute Gasteiger partial charge is 0.478 e. The molecule has 0 saturated heterocycles. The van der Waals surface area contributed by atoms with E-state index in [1.807, 2.05) is 0 Å². The quantitative estimate of drug-likeness (QED) is 0.878. The smallest absolute Gasteiger partial charge is 0.390 e. The van der Waals surface area contributed by atoms with Crippen molar-refractivity contribution in [3.63, 3.8) is 0 Å². The Labute approximate surface area is 121 Å². The molecule has 0 unspecified atom stereocenters. The molecule has 9 heteroatoms. The zero-order valence-corrected chi connectivity index (χ0v) is 12.6. The van der Waals surface area contributed by atoms with Gasteiger partial charge in [0.15, 0.2) is 9.84 Å².